The maximum Gasteiger partial charge on any atom is 0.0925 e. The zero-order valence-corrected chi connectivity index (χ0v) is 13.8. The molecule has 0 aliphatic heterocycles. The average molecular weight is 351 g/mol. The van der Waals surface area contributed by atoms with Crippen LogP contribution in [0, 0.1) is 0 Å². The summed E-state index contributed by atoms with van der Waals surface area (Å²) in [6.07, 6.45) is 0.697. The number of hydrogen-bond acceptors (Lipinski definition) is 4. The van der Waals surface area contributed by atoms with Crippen molar-refractivity contribution in [3.8, 4) is 0 Å². The first kappa shape index (κ1) is 16.0. The summed E-state index contributed by atoms with van der Waals surface area (Å²) >= 11 is 21.4. The van der Waals surface area contributed by atoms with Gasteiger partial charge >= 0.3 is 0 Å². The Morgan fingerprint density at radius 2 is 1.24 bits per heavy atom. The molecule has 0 heterocycles. The van der Waals surface area contributed by atoms with Gasteiger partial charge in [-0.05, 0) is 66.2 Å². The molecule has 0 atom stereocenters. The third kappa shape index (κ3) is 4.29. The number of rotatable bonds is 4. The molecule has 0 saturated heterocycles. The van der Waals surface area contributed by atoms with Gasteiger partial charge in [-0.3, -0.25) is 0 Å². The van der Waals surface area contributed by atoms with Crippen molar-refractivity contribution in [2.24, 2.45) is 9.98 Å². The fourth-order valence-electron chi connectivity index (χ4n) is 1.84. The van der Waals surface area contributed by atoms with E-state index in [1.165, 1.54) is 0 Å². The Morgan fingerprint density at radius 3 is 1.57 bits per heavy atom. The second-order valence-electron chi connectivity index (χ2n) is 4.15. The number of aliphatic imine (C=N–C) groups is 2. The molecule has 0 bridgehead atoms. The highest BCUT2D eigenvalue weighted by atomic mass is 35.5. The van der Waals surface area contributed by atoms with Gasteiger partial charge in [0, 0.05) is 0 Å². The molecule has 0 aromatic heterocycles. The molecule has 2 aromatic rings. The number of hydrogen-bond donors (Lipinski definition) is 0. The molecular formula is C15H8Cl2N2S2. The Balaban J connectivity index is 2.26. The van der Waals surface area contributed by atoms with E-state index in [0.29, 0.717) is 27.8 Å². The molecule has 0 saturated carbocycles. The zero-order valence-electron chi connectivity index (χ0n) is 10.6. The van der Waals surface area contributed by atoms with Crippen LogP contribution < -0.4 is 0 Å². The molecule has 0 radical (unpaired) electrons. The monoisotopic (exact) mass is 350 g/mol. The number of nitrogens with zero attached hydrogens (tertiary/aromatic N) is 2. The summed E-state index contributed by atoms with van der Waals surface area (Å²) < 4.78 is 0. The van der Waals surface area contributed by atoms with Gasteiger partial charge in [0.25, 0.3) is 0 Å². The van der Waals surface area contributed by atoms with Crippen LogP contribution in [0.1, 0.15) is 11.1 Å². The topological polar surface area (TPSA) is 24.7 Å². The van der Waals surface area contributed by atoms with Crippen molar-refractivity contribution in [1.29, 1.82) is 0 Å². The molecule has 0 N–H and O–H groups in total. The van der Waals surface area contributed by atoms with Crippen molar-refractivity contribution in [2.75, 3.05) is 0 Å². The minimum atomic E-state index is 0.540. The summed E-state index contributed by atoms with van der Waals surface area (Å²) in [4.78, 5) is 7.77. The average Bonchev–Trinajstić information content (AvgIpc) is 2.45. The number of isothiocyanates is 2. The van der Waals surface area contributed by atoms with Gasteiger partial charge in [-0.15, -0.1) is 0 Å². The molecule has 0 amide bonds. The summed E-state index contributed by atoms with van der Waals surface area (Å²) in [5.41, 5.74) is 3.31. The second-order valence-corrected chi connectivity index (χ2v) is 5.33. The molecule has 0 aliphatic carbocycles. The van der Waals surface area contributed by atoms with Crippen molar-refractivity contribution in [3.63, 3.8) is 0 Å². The van der Waals surface area contributed by atoms with Crippen molar-refractivity contribution in [1.82, 2.24) is 0 Å². The molecule has 6 heteroatoms. The first-order valence-corrected chi connectivity index (χ1v) is 7.44. The molecule has 2 aromatic carbocycles. The lowest BCUT2D eigenvalue weighted by molar-refractivity contribution is 1.19. The van der Waals surface area contributed by atoms with Crippen LogP contribution in [0.3, 0.4) is 0 Å². The van der Waals surface area contributed by atoms with Gasteiger partial charge in [-0.25, -0.2) is 0 Å². The lowest BCUT2D eigenvalue weighted by Gasteiger charge is -2.05. The first-order valence-electron chi connectivity index (χ1n) is 5.86. The number of halogens is 2. The first-order chi connectivity index (χ1) is 10.1. The van der Waals surface area contributed by atoms with Gasteiger partial charge in [0.05, 0.1) is 31.7 Å². The van der Waals surface area contributed by atoms with Gasteiger partial charge in [-0.2, -0.15) is 9.98 Å². The molecule has 0 unspecified atom stereocenters. The van der Waals surface area contributed by atoms with E-state index in [0.717, 1.165) is 11.1 Å². The minimum absolute atomic E-state index is 0.540. The third-order valence-electron chi connectivity index (χ3n) is 2.76. The molecular weight excluding hydrogens is 343 g/mol. The SMILES string of the molecule is S=C=Nc1ccc(Cc2ccc(N=C=S)c(Cl)c2)cc1Cl. The van der Waals surface area contributed by atoms with E-state index in [4.69, 9.17) is 23.2 Å². The lowest BCUT2D eigenvalue weighted by atomic mass is 10.0. The van der Waals surface area contributed by atoms with Crippen LogP contribution in [-0.2, 0) is 6.42 Å². The molecule has 0 aliphatic rings. The highest BCUT2D eigenvalue weighted by Gasteiger charge is 2.04. The van der Waals surface area contributed by atoms with Crippen LogP contribution >= 0.6 is 47.6 Å². The molecule has 104 valence electrons. The van der Waals surface area contributed by atoms with Gasteiger partial charge in [0.1, 0.15) is 0 Å². The third-order valence-corrected chi connectivity index (χ3v) is 3.55. The van der Waals surface area contributed by atoms with E-state index in [-0.39, 0.29) is 0 Å². The summed E-state index contributed by atoms with van der Waals surface area (Å²) in [5.74, 6) is 0. The highest BCUT2D eigenvalue weighted by molar-refractivity contribution is 7.78. The predicted octanol–water partition coefficient (Wildman–Crippen LogP) is 6.05. The fraction of sp³-hybridized carbons (Fsp3) is 0.0667. The summed E-state index contributed by atoms with van der Waals surface area (Å²) in [7, 11) is 0. The van der Waals surface area contributed by atoms with Crippen molar-refractivity contribution < 1.29 is 0 Å². The Labute approximate surface area is 143 Å². The Kier molecular flexibility index (Phi) is 5.77. The van der Waals surface area contributed by atoms with E-state index in [1.807, 2.05) is 36.4 Å². The fourth-order valence-corrected chi connectivity index (χ4v) is 2.52. The van der Waals surface area contributed by atoms with Crippen molar-refractivity contribution in [3.05, 3.63) is 57.6 Å². The molecule has 0 spiro atoms. The Morgan fingerprint density at radius 1 is 0.810 bits per heavy atom. The normalized spacial score (nSPS) is 9.62. The van der Waals surface area contributed by atoms with E-state index in [2.05, 4.69) is 44.7 Å². The highest BCUT2D eigenvalue weighted by Crippen LogP contribution is 2.29. The molecule has 2 nitrogen and oxygen atoms in total. The van der Waals surface area contributed by atoms with Crippen LogP contribution in [0.5, 0.6) is 0 Å². The number of thiocarbonyl (C=S) groups is 2. The van der Waals surface area contributed by atoms with Gasteiger partial charge in [-0.1, -0.05) is 35.3 Å². The predicted molar refractivity (Wildman–Crippen MR) is 95.1 cm³/mol. The Bertz CT molecular complexity index is 712. The summed E-state index contributed by atoms with van der Waals surface area (Å²) in [6.45, 7) is 0. The van der Waals surface area contributed by atoms with E-state index >= 15 is 0 Å². The van der Waals surface area contributed by atoms with Crippen LogP contribution in [-0.4, -0.2) is 10.3 Å². The minimum Gasteiger partial charge on any atom is -0.193 e. The smallest absolute Gasteiger partial charge is 0.0925 e. The second kappa shape index (κ2) is 7.58. The van der Waals surface area contributed by atoms with Gasteiger partial charge in [0.15, 0.2) is 0 Å². The molecule has 0 fully saturated rings. The van der Waals surface area contributed by atoms with Crippen LogP contribution in [0.15, 0.2) is 46.4 Å². The van der Waals surface area contributed by atoms with Crippen LogP contribution in [0.25, 0.3) is 0 Å². The maximum atomic E-state index is 6.13. The molecule has 21 heavy (non-hydrogen) atoms. The largest absolute Gasteiger partial charge is 0.193 e. The Hall–Kier alpha value is -1.38. The van der Waals surface area contributed by atoms with Crippen LogP contribution in [0.4, 0.5) is 11.4 Å². The van der Waals surface area contributed by atoms with E-state index < -0.39 is 0 Å². The lowest BCUT2D eigenvalue weighted by Crippen LogP contribution is -1.88. The molecule has 2 rings (SSSR count). The van der Waals surface area contributed by atoms with Crippen molar-refractivity contribution >= 4 is 69.3 Å². The maximum absolute atomic E-state index is 6.13. The van der Waals surface area contributed by atoms with Gasteiger partial charge in [0.2, 0.25) is 0 Å². The van der Waals surface area contributed by atoms with Crippen LogP contribution in [0.2, 0.25) is 10.0 Å². The summed E-state index contributed by atoms with van der Waals surface area (Å²) in [5, 5.41) is 5.68. The standard InChI is InChI=1S/C15H8Cl2N2S2/c16-12-6-10(1-3-14(12)18-8-20)5-11-2-4-15(19-9-21)13(17)7-11/h1-4,6-7H,5H2. The summed E-state index contributed by atoms with van der Waals surface area (Å²) in [6, 6.07) is 11.2. The van der Waals surface area contributed by atoms with E-state index in [1.54, 1.807) is 0 Å². The number of benzene rings is 2. The zero-order chi connectivity index (χ0) is 15.2. The van der Waals surface area contributed by atoms with E-state index in [9.17, 15) is 0 Å². The van der Waals surface area contributed by atoms with Gasteiger partial charge < -0.3 is 0 Å². The quantitative estimate of drug-likeness (QED) is 0.494. The van der Waals surface area contributed by atoms with Crippen molar-refractivity contribution in [2.45, 2.75) is 6.42 Å².